The molecule has 1 aromatic heterocycles. The van der Waals surface area contributed by atoms with Crippen molar-refractivity contribution >= 4 is 12.0 Å². The van der Waals surface area contributed by atoms with Gasteiger partial charge in [0.2, 0.25) is 5.91 Å². The normalized spacial score (nSPS) is 17.3. The van der Waals surface area contributed by atoms with Gasteiger partial charge in [0.1, 0.15) is 36.8 Å². The van der Waals surface area contributed by atoms with Crippen molar-refractivity contribution in [2.45, 2.75) is 31.8 Å². The molecule has 0 bridgehead atoms. The molecule has 0 aliphatic carbocycles. The van der Waals surface area contributed by atoms with Crippen LogP contribution in [0.2, 0.25) is 0 Å². The van der Waals surface area contributed by atoms with Gasteiger partial charge in [-0.3, -0.25) is 9.48 Å². The number of alkyl carbamates (subject to hydrolysis) is 1. The Balaban J connectivity index is 1.45. The Morgan fingerprint density at radius 3 is 2.64 bits per heavy atom. The largest absolute Gasteiger partial charge is 0.497 e. The van der Waals surface area contributed by atoms with Crippen LogP contribution in [-0.2, 0) is 29.2 Å². The molecule has 1 saturated heterocycles. The molecular formula is C23H25N5O5. The van der Waals surface area contributed by atoms with Crippen LogP contribution in [0.5, 0.6) is 11.5 Å². The van der Waals surface area contributed by atoms with Crippen molar-refractivity contribution < 1.29 is 23.8 Å². The number of likely N-dealkylation sites (tertiary alicyclic amines) is 1. The highest BCUT2D eigenvalue weighted by atomic mass is 16.5. The number of β-lactam (4-membered cyclic amide) rings is 1. The monoisotopic (exact) mass is 451 g/mol. The van der Waals surface area contributed by atoms with Gasteiger partial charge in [0.25, 0.3) is 0 Å². The molecule has 0 unspecified atom stereocenters. The lowest BCUT2D eigenvalue weighted by molar-refractivity contribution is -0.153. The van der Waals surface area contributed by atoms with Gasteiger partial charge in [-0.1, -0.05) is 30.3 Å². The Kier molecular flexibility index (Phi) is 6.72. The lowest BCUT2D eigenvalue weighted by Crippen LogP contribution is -2.71. The third-order valence-corrected chi connectivity index (χ3v) is 5.50. The highest BCUT2D eigenvalue weighted by molar-refractivity contribution is 5.92. The van der Waals surface area contributed by atoms with E-state index in [0.717, 1.165) is 11.1 Å². The Hall–Kier alpha value is -4.08. The number of hydrogen-bond acceptors (Lipinski definition) is 7. The minimum absolute atomic E-state index is 0.119. The molecule has 2 amide bonds. The van der Waals surface area contributed by atoms with Gasteiger partial charge < -0.3 is 24.4 Å². The number of amides is 2. The van der Waals surface area contributed by atoms with Gasteiger partial charge in [0.15, 0.2) is 0 Å². The highest BCUT2D eigenvalue weighted by Crippen LogP contribution is 2.30. The van der Waals surface area contributed by atoms with Crippen LogP contribution in [0.3, 0.4) is 0 Å². The van der Waals surface area contributed by atoms with E-state index in [1.54, 1.807) is 36.2 Å². The molecule has 3 aromatic rings. The summed E-state index contributed by atoms with van der Waals surface area (Å²) >= 11 is 0. The minimum atomic E-state index is -0.735. The molecule has 0 radical (unpaired) electrons. The van der Waals surface area contributed by atoms with E-state index in [1.165, 1.54) is 6.33 Å². The molecule has 33 heavy (non-hydrogen) atoms. The summed E-state index contributed by atoms with van der Waals surface area (Å²) in [5.41, 5.74) is 1.68. The maximum absolute atomic E-state index is 13.0. The van der Waals surface area contributed by atoms with E-state index < -0.39 is 12.1 Å². The number of benzene rings is 2. The van der Waals surface area contributed by atoms with Gasteiger partial charge in [0.05, 0.1) is 26.8 Å². The van der Waals surface area contributed by atoms with Gasteiger partial charge in [-0.15, -0.1) is 0 Å². The summed E-state index contributed by atoms with van der Waals surface area (Å²) in [6.07, 6.45) is 2.34. The number of nitrogens with zero attached hydrogens (tertiary/aromatic N) is 4. The number of rotatable bonds is 9. The first-order valence-corrected chi connectivity index (χ1v) is 10.4. The number of hydrogen-bond donors (Lipinski definition) is 1. The first kappa shape index (κ1) is 22.1. The van der Waals surface area contributed by atoms with Crippen LogP contribution in [0.1, 0.15) is 11.1 Å². The fourth-order valence-corrected chi connectivity index (χ4v) is 3.74. The quantitative estimate of drug-likeness (QED) is 0.496. The summed E-state index contributed by atoms with van der Waals surface area (Å²) in [6, 6.07) is 13.7. The summed E-state index contributed by atoms with van der Waals surface area (Å²) in [4.78, 5) is 31.0. The fraction of sp³-hybridized carbons (Fsp3) is 0.304. The van der Waals surface area contributed by atoms with Crippen LogP contribution in [0.15, 0.2) is 61.2 Å². The van der Waals surface area contributed by atoms with Crippen LogP contribution in [0, 0.1) is 0 Å². The predicted molar refractivity (Wildman–Crippen MR) is 117 cm³/mol. The zero-order valence-electron chi connectivity index (χ0n) is 18.4. The number of nitrogens with one attached hydrogen (secondary N) is 1. The van der Waals surface area contributed by atoms with Crippen molar-refractivity contribution in [3.8, 4) is 11.5 Å². The molecule has 2 atom stereocenters. The maximum atomic E-state index is 13.0. The predicted octanol–water partition coefficient (Wildman–Crippen LogP) is 2.00. The summed E-state index contributed by atoms with van der Waals surface area (Å²) in [6.45, 7) is 0.796. The Bertz CT molecular complexity index is 1090. The van der Waals surface area contributed by atoms with Crippen molar-refractivity contribution in [3.63, 3.8) is 0 Å². The molecule has 1 aliphatic heterocycles. The molecule has 10 nitrogen and oxygen atoms in total. The van der Waals surface area contributed by atoms with E-state index in [-0.39, 0.29) is 18.6 Å². The fourth-order valence-electron chi connectivity index (χ4n) is 3.74. The van der Waals surface area contributed by atoms with E-state index in [9.17, 15) is 9.59 Å². The van der Waals surface area contributed by atoms with Crippen molar-refractivity contribution in [1.82, 2.24) is 25.0 Å². The standard InChI is InChI=1S/C23H25N5O5/c1-31-18-9-8-17(20(10-18)32-2)11-28-19(12-27-15-24-14-25-27)21(22(28)29)26-23(30)33-13-16-6-4-3-5-7-16/h3-10,14-15,19,21H,11-13H2,1-2H3,(H,26,30)/t19-,21+/m1/s1. The Labute approximate surface area is 191 Å². The van der Waals surface area contributed by atoms with Gasteiger partial charge >= 0.3 is 6.09 Å². The van der Waals surface area contributed by atoms with Crippen molar-refractivity contribution in [3.05, 3.63) is 72.3 Å². The molecule has 1 fully saturated rings. The van der Waals surface area contributed by atoms with E-state index in [4.69, 9.17) is 14.2 Å². The molecule has 1 N–H and O–H groups in total. The average molecular weight is 451 g/mol. The topological polar surface area (TPSA) is 108 Å². The summed E-state index contributed by atoms with van der Waals surface area (Å²) in [5.74, 6) is 1.06. The van der Waals surface area contributed by atoms with Crippen LogP contribution in [0.4, 0.5) is 4.79 Å². The van der Waals surface area contributed by atoms with Crippen LogP contribution < -0.4 is 14.8 Å². The van der Waals surface area contributed by atoms with Crippen LogP contribution in [-0.4, -0.2) is 58.0 Å². The van der Waals surface area contributed by atoms with Gasteiger partial charge in [-0.25, -0.2) is 9.78 Å². The molecule has 2 heterocycles. The summed E-state index contributed by atoms with van der Waals surface area (Å²) < 4.78 is 17.6. The summed E-state index contributed by atoms with van der Waals surface area (Å²) in [5, 5.41) is 6.83. The van der Waals surface area contributed by atoms with Gasteiger partial charge in [-0.2, -0.15) is 5.10 Å². The summed E-state index contributed by atoms with van der Waals surface area (Å²) in [7, 11) is 3.14. The lowest BCUT2D eigenvalue weighted by Gasteiger charge is -2.47. The second-order valence-electron chi connectivity index (χ2n) is 7.51. The third kappa shape index (κ3) is 5.05. The number of ether oxygens (including phenoxy) is 3. The SMILES string of the molecule is COc1ccc(CN2C(=O)[C@@H](NC(=O)OCc3ccccc3)[C@H]2Cn2cncn2)c(OC)c1. The lowest BCUT2D eigenvalue weighted by atomic mass is 9.93. The Morgan fingerprint density at radius 2 is 1.94 bits per heavy atom. The van der Waals surface area contributed by atoms with Crippen molar-refractivity contribution in [1.29, 1.82) is 0 Å². The van der Waals surface area contributed by atoms with Crippen molar-refractivity contribution in [2.75, 3.05) is 14.2 Å². The molecule has 10 heteroatoms. The molecule has 2 aromatic carbocycles. The first-order valence-electron chi connectivity index (χ1n) is 10.4. The van der Waals surface area contributed by atoms with Crippen LogP contribution >= 0.6 is 0 Å². The van der Waals surface area contributed by atoms with E-state index in [0.29, 0.717) is 24.6 Å². The maximum Gasteiger partial charge on any atom is 0.408 e. The number of aromatic nitrogens is 3. The second-order valence-corrected chi connectivity index (χ2v) is 7.51. The van der Waals surface area contributed by atoms with Crippen LogP contribution in [0.25, 0.3) is 0 Å². The van der Waals surface area contributed by atoms with Crippen molar-refractivity contribution in [2.24, 2.45) is 0 Å². The zero-order chi connectivity index (χ0) is 23.2. The molecule has 4 rings (SSSR count). The highest BCUT2D eigenvalue weighted by Gasteiger charge is 2.48. The molecule has 0 spiro atoms. The smallest absolute Gasteiger partial charge is 0.408 e. The average Bonchev–Trinajstić information content (AvgIpc) is 3.37. The van der Waals surface area contributed by atoms with E-state index in [2.05, 4.69) is 15.4 Å². The molecule has 0 saturated carbocycles. The third-order valence-electron chi connectivity index (χ3n) is 5.50. The molecule has 1 aliphatic rings. The first-order chi connectivity index (χ1) is 16.1. The second kappa shape index (κ2) is 10.0. The molecular weight excluding hydrogens is 426 g/mol. The molecule has 172 valence electrons. The minimum Gasteiger partial charge on any atom is -0.497 e. The Morgan fingerprint density at radius 1 is 1.12 bits per heavy atom. The zero-order valence-corrected chi connectivity index (χ0v) is 18.4. The number of methoxy groups -OCH3 is 2. The number of carbonyl (C=O) groups excluding carboxylic acids is 2. The van der Waals surface area contributed by atoms with E-state index in [1.807, 2.05) is 42.5 Å². The number of carbonyl (C=O) groups is 2. The van der Waals surface area contributed by atoms with Gasteiger partial charge in [0, 0.05) is 18.2 Å². The van der Waals surface area contributed by atoms with E-state index >= 15 is 0 Å². The van der Waals surface area contributed by atoms with Gasteiger partial charge in [-0.05, 0) is 17.7 Å².